The third kappa shape index (κ3) is 25.7. The van der Waals surface area contributed by atoms with E-state index >= 15 is 0 Å². The summed E-state index contributed by atoms with van der Waals surface area (Å²) in [5, 5.41) is 0. The van der Waals surface area contributed by atoms with E-state index in [1.54, 1.807) is 0 Å². The highest BCUT2D eigenvalue weighted by atomic mass is 14.0. The van der Waals surface area contributed by atoms with Crippen LogP contribution < -0.4 is 0 Å². The summed E-state index contributed by atoms with van der Waals surface area (Å²) >= 11 is 0. The summed E-state index contributed by atoms with van der Waals surface area (Å²) in [6.07, 6.45) is 33.5. The van der Waals surface area contributed by atoms with E-state index in [-0.39, 0.29) is 0 Å². The minimum Gasteiger partial charge on any atom is -0.0885 e. The van der Waals surface area contributed by atoms with E-state index in [9.17, 15) is 0 Å². The van der Waals surface area contributed by atoms with Crippen LogP contribution in [0.4, 0.5) is 0 Å². The molecule has 0 aliphatic heterocycles. The van der Waals surface area contributed by atoms with Gasteiger partial charge in [0.15, 0.2) is 0 Å². The fourth-order valence-corrected chi connectivity index (χ4v) is 3.99. The highest BCUT2D eigenvalue weighted by molar-refractivity contribution is 4.81. The molecule has 0 atom stereocenters. The predicted molar refractivity (Wildman–Crippen MR) is 131 cm³/mol. The third-order valence-electron chi connectivity index (χ3n) is 5.97. The Labute approximate surface area is 180 Å². The van der Waals surface area contributed by atoms with Gasteiger partial charge in [0.1, 0.15) is 0 Å². The first kappa shape index (κ1) is 27.7. The maximum absolute atomic E-state index is 2.45. The summed E-state index contributed by atoms with van der Waals surface area (Å²) in [7, 11) is 0. The average molecular weight is 393 g/mol. The van der Waals surface area contributed by atoms with Crippen molar-refractivity contribution in [1.82, 2.24) is 0 Å². The average Bonchev–Trinajstić information content (AvgIpc) is 2.65. The molecular weight excluding hydrogens is 336 g/mol. The zero-order chi connectivity index (χ0) is 20.7. The second-order valence-electron chi connectivity index (χ2n) is 10.1. The molecule has 0 aromatic heterocycles. The standard InChI is InChI=1S/C28H56/c1-27(2)25-23-21-19-17-15-13-11-9-7-5-6-8-10-12-14-16-18-20-22-24-26-28(3)4/h5-6,27-28H,7-26H2,1-4H3/b6-5-. The number of rotatable bonds is 22. The van der Waals surface area contributed by atoms with Crippen LogP contribution in [0.15, 0.2) is 12.2 Å². The quantitative estimate of drug-likeness (QED) is 0.127. The highest BCUT2D eigenvalue weighted by Gasteiger charge is 1.96. The van der Waals surface area contributed by atoms with Crippen LogP contribution >= 0.6 is 0 Å². The molecule has 0 aliphatic carbocycles. The van der Waals surface area contributed by atoms with Crippen molar-refractivity contribution in [3.8, 4) is 0 Å². The fraction of sp³-hybridized carbons (Fsp3) is 0.929. The molecule has 0 bridgehead atoms. The SMILES string of the molecule is CC(C)CCCCCCCCCC/C=C\CCCCCCCCCCC(C)C. The fourth-order valence-electron chi connectivity index (χ4n) is 3.99. The lowest BCUT2D eigenvalue weighted by atomic mass is 10.0. The van der Waals surface area contributed by atoms with Crippen molar-refractivity contribution in [3.63, 3.8) is 0 Å². The van der Waals surface area contributed by atoms with Gasteiger partial charge in [0.05, 0.1) is 0 Å². The molecular formula is C28H56. The minimum atomic E-state index is 0.891. The van der Waals surface area contributed by atoms with Gasteiger partial charge in [-0.05, 0) is 37.5 Å². The van der Waals surface area contributed by atoms with Crippen molar-refractivity contribution in [2.45, 2.75) is 156 Å². The molecule has 0 aromatic carbocycles. The van der Waals surface area contributed by atoms with Crippen molar-refractivity contribution in [2.24, 2.45) is 11.8 Å². The Morgan fingerprint density at radius 1 is 0.357 bits per heavy atom. The molecule has 168 valence electrons. The molecule has 0 nitrogen and oxygen atoms in total. The summed E-state index contributed by atoms with van der Waals surface area (Å²) < 4.78 is 0. The Bertz CT molecular complexity index is 269. The molecule has 28 heavy (non-hydrogen) atoms. The summed E-state index contributed by atoms with van der Waals surface area (Å²) in [5.74, 6) is 1.78. The first-order valence-electron chi connectivity index (χ1n) is 13.3. The molecule has 0 unspecified atom stereocenters. The molecule has 0 N–H and O–H groups in total. The lowest BCUT2D eigenvalue weighted by Crippen LogP contribution is -1.87. The van der Waals surface area contributed by atoms with Gasteiger partial charge in [0.25, 0.3) is 0 Å². The van der Waals surface area contributed by atoms with E-state index in [4.69, 9.17) is 0 Å². The first-order valence-corrected chi connectivity index (χ1v) is 13.3. The molecule has 0 aromatic rings. The summed E-state index contributed by atoms with van der Waals surface area (Å²) in [6.45, 7) is 9.36. The molecule has 0 saturated heterocycles. The lowest BCUT2D eigenvalue weighted by molar-refractivity contribution is 0.507. The second-order valence-corrected chi connectivity index (χ2v) is 10.1. The molecule has 0 spiro atoms. The Morgan fingerprint density at radius 2 is 0.607 bits per heavy atom. The second kappa shape index (κ2) is 23.0. The van der Waals surface area contributed by atoms with E-state index in [0.717, 1.165) is 11.8 Å². The maximum atomic E-state index is 2.45. The van der Waals surface area contributed by atoms with Crippen LogP contribution in [0.5, 0.6) is 0 Å². The molecule has 0 amide bonds. The predicted octanol–water partition coefficient (Wildman–Crippen LogP) is 10.7. The van der Waals surface area contributed by atoms with Crippen molar-refractivity contribution in [1.29, 1.82) is 0 Å². The van der Waals surface area contributed by atoms with Crippen molar-refractivity contribution < 1.29 is 0 Å². The van der Waals surface area contributed by atoms with Crippen LogP contribution in [0, 0.1) is 11.8 Å². The van der Waals surface area contributed by atoms with E-state index in [1.165, 1.54) is 128 Å². The topological polar surface area (TPSA) is 0 Å². The van der Waals surface area contributed by atoms with E-state index < -0.39 is 0 Å². The number of unbranched alkanes of at least 4 members (excludes halogenated alkanes) is 16. The van der Waals surface area contributed by atoms with Crippen LogP contribution in [-0.4, -0.2) is 0 Å². The van der Waals surface area contributed by atoms with Crippen LogP contribution in [0.25, 0.3) is 0 Å². The van der Waals surface area contributed by atoms with Gasteiger partial charge in [-0.2, -0.15) is 0 Å². The summed E-state index contributed by atoms with van der Waals surface area (Å²) in [6, 6.07) is 0. The van der Waals surface area contributed by atoms with E-state index in [2.05, 4.69) is 39.8 Å². The van der Waals surface area contributed by atoms with Gasteiger partial charge < -0.3 is 0 Å². The highest BCUT2D eigenvalue weighted by Crippen LogP contribution is 2.14. The van der Waals surface area contributed by atoms with Crippen molar-refractivity contribution in [3.05, 3.63) is 12.2 Å². The van der Waals surface area contributed by atoms with E-state index in [1.807, 2.05) is 0 Å². The largest absolute Gasteiger partial charge is 0.0885 e. The van der Waals surface area contributed by atoms with Crippen molar-refractivity contribution in [2.75, 3.05) is 0 Å². The maximum Gasteiger partial charge on any atom is -0.0351 e. The lowest BCUT2D eigenvalue weighted by Gasteiger charge is -2.04. The van der Waals surface area contributed by atoms with E-state index in [0.29, 0.717) is 0 Å². The molecule has 0 saturated carbocycles. The number of hydrogen-bond donors (Lipinski definition) is 0. The minimum absolute atomic E-state index is 0.891. The molecule has 0 radical (unpaired) electrons. The molecule has 0 rings (SSSR count). The van der Waals surface area contributed by atoms with Crippen molar-refractivity contribution >= 4 is 0 Å². The zero-order valence-corrected chi connectivity index (χ0v) is 20.5. The van der Waals surface area contributed by atoms with Gasteiger partial charge in [0, 0.05) is 0 Å². The van der Waals surface area contributed by atoms with Gasteiger partial charge in [0.2, 0.25) is 0 Å². The van der Waals surface area contributed by atoms with Gasteiger partial charge in [-0.15, -0.1) is 0 Å². The summed E-state index contributed by atoms with van der Waals surface area (Å²) in [4.78, 5) is 0. The Balaban J connectivity index is 3.09. The molecule has 0 aliphatic rings. The van der Waals surface area contributed by atoms with Gasteiger partial charge in [-0.25, -0.2) is 0 Å². The Hall–Kier alpha value is -0.260. The summed E-state index contributed by atoms with van der Waals surface area (Å²) in [5.41, 5.74) is 0. The van der Waals surface area contributed by atoms with Crippen LogP contribution in [0.3, 0.4) is 0 Å². The normalized spacial score (nSPS) is 12.1. The zero-order valence-electron chi connectivity index (χ0n) is 20.5. The molecule has 0 heteroatoms. The third-order valence-corrected chi connectivity index (χ3v) is 5.97. The Morgan fingerprint density at radius 3 is 0.893 bits per heavy atom. The number of hydrogen-bond acceptors (Lipinski definition) is 0. The van der Waals surface area contributed by atoms with Crippen LogP contribution in [-0.2, 0) is 0 Å². The smallest absolute Gasteiger partial charge is 0.0351 e. The molecule has 0 fully saturated rings. The Kier molecular flexibility index (Phi) is 22.8. The van der Waals surface area contributed by atoms with Crippen LogP contribution in [0.2, 0.25) is 0 Å². The number of allylic oxidation sites excluding steroid dienone is 2. The van der Waals surface area contributed by atoms with Crippen LogP contribution in [0.1, 0.15) is 156 Å². The monoisotopic (exact) mass is 392 g/mol. The first-order chi connectivity index (χ1) is 13.6. The van der Waals surface area contributed by atoms with Gasteiger partial charge in [-0.1, -0.05) is 143 Å². The van der Waals surface area contributed by atoms with Gasteiger partial charge >= 0.3 is 0 Å². The van der Waals surface area contributed by atoms with Gasteiger partial charge in [-0.3, -0.25) is 0 Å². The molecule has 0 heterocycles.